The molecule has 0 aromatic heterocycles. The zero-order chi connectivity index (χ0) is 14.5. The third-order valence-electron chi connectivity index (χ3n) is 4.16. The summed E-state index contributed by atoms with van der Waals surface area (Å²) in [6.45, 7) is 2.82. The van der Waals surface area contributed by atoms with Crippen LogP contribution in [0.4, 0.5) is 0 Å². The van der Waals surface area contributed by atoms with Gasteiger partial charge in [-0.25, -0.2) is 0 Å². The molecule has 1 aromatic carbocycles. The van der Waals surface area contributed by atoms with Crippen LogP contribution in [0.5, 0.6) is 5.75 Å². The van der Waals surface area contributed by atoms with E-state index in [1.807, 2.05) is 19.1 Å². The third-order valence-corrected chi connectivity index (χ3v) is 4.16. The summed E-state index contributed by atoms with van der Waals surface area (Å²) in [7, 11) is 0. The molecule has 0 saturated carbocycles. The molecular formula is C16H23NO3. The van der Waals surface area contributed by atoms with Gasteiger partial charge in [0.05, 0.1) is 0 Å². The Labute approximate surface area is 120 Å². The molecule has 20 heavy (non-hydrogen) atoms. The second kappa shape index (κ2) is 6.75. The van der Waals surface area contributed by atoms with Gasteiger partial charge in [-0.1, -0.05) is 38.0 Å². The van der Waals surface area contributed by atoms with Crippen molar-refractivity contribution in [3.05, 3.63) is 29.8 Å². The number of nitrogens with zero attached hydrogens (tertiary/aromatic N) is 1. The van der Waals surface area contributed by atoms with E-state index in [4.69, 9.17) is 0 Å². The Morgan fingerprint density at radius 2 is 2.10 bits per heavy atom. The largest absolute Gasteiger partial charge is 0.508 e. The summed E-state index contributed by atoms with van der Waals surface area (Å²) in [5.41, 5.74) is 0.836. The van der Waals surface area contributed by atoms with Crippen molar-refractivity contribution in [2.45, 2.75) is 51.1 Å². The standard InChI is InChI=1S/C16H23NO3/c1-2-13(12-8-5-6-10-15(12)18)17-11-7-3-4-9-14(17)16(19)20/h5-6,8,10,13-14,18H,2-4,7,9,11H2,1H3,(H,19,20). The molecule has 0 amide bonds. The van der Waals surface area contributed by atoms with Crippen molar-refractivity contribution < 1.29 is 15.0 Å². The van der Waals surface area contributed by atoms with E-state index in [0.717, 1.165) is 37.8 Å². The van der Waals surface area contributed by atoms with Gasteiger partial charge in [-0.3, -0.25) is 9.69 Å². The number of phenols is 1. The van der Waals surface area contributed by atoms with Crippen molar-refractivity contribution in [3.8, 4) is 5.75 Å². The zero-order valence-corrected chi connectivity index (χ0v) is 12.0. The Morgan fingerprint density at radius 1 is 1.35 bits per heavy atom. The maximum Gasteiger partial charge on any atom is 0.320 e. The van der Waals surface area contributed by atoms with E-state index >= 15 is 0 Å². The normalized spacial score (nSPS) is 22.1. The van der Waals surface area contributed by atoms with Gasteiger partial charge in [-0.05, 0) is 31.9 Å². The Hall–Kier alpha value is -1.55. The van der Waals surface area contributed by atoms with Gasteiger partial charge < -0.3 is 10.2 Å². The quantitative estimate of drug-likeness (QED) is 0.887. The molecule has 0 spiro atoms. The molecule has 0 radical (unpaired) electrons. The van der Waals surface area contributed by atoms with Crippen molar-refractivity contribution >= 4 is 5.97 Å². The fraction of sp³-hybridized carbons (Fsp3) is 0.562. The van der Waals surface area contributed by atoms with Gasteiger partial charge in [0.2, 0.25) is 0 Å². The van der Waals surface area contributed by atoms with E-state index < -0.39 is 12.0 Å². The van der Waals surface area contributed by atoms with Gasteiger partial charge in [0.25, 0.3) is 0 Å². The highest BCUT2D eigenvalue weighted by atomic mass is 16.4. The number of likely N-dealkylation sites (tertiary alicyclic amines) is 1. The first-order chi connectivity index (χ1) is 9.65. The number of para-hydroxylation sites is 1. The summed E-state index contributed by atoms with van der Waals surface area (Å²) in [6, 6.07) is 6.78. The number of carboxylic acids is 1. The Balaban J connectivity index is 2.32. The Morgan fingerprint density at radius 3 is 2.75 bits per heavy atom. The third kappa shape index (κ3) is 3.12. The summed E-state index contributed by atoms with van der Waals surface area (Å²) in [4.78, 5) is 13.6. The molecular weight excluding hydrogens is 254 g/mol. The van der Waals surface area contributed by atoms with Gasteiger partial charge in [0.1, 0.15) is 11.8 Å². The topological polar surface area (TPSA) is 60.8 Å². The van der Waals surface area contributed by atoms with Crippen LogP contribution in [0.15, 0.2) is 24.3 Å². The molecule has 1 aliphatic rings. The summed E-state index contributed by atoms with van der Waals surface area (Å²) in [5.74, 6) is -0.492. The number of phenolic OH excluding ortho intramolecular Hbond substituents is 1. The average Bonchev–Trinajstić information content (AvgIpc) is 2.68. The summed E-state index contributed by atoms with van der Waals surface area (Å²) in [6.07, 6.45) is 4.55. The molecule has 1 fully saturated rings. The number of hydrogen-bond donors (Lipinski definition) is 2. The average molecular weight is 277 g/mol. The van der Waals surface area contributed by atoms with Crippen LogP contribution in [0.1, 0.15) is 50.6 Å². The first kappa shape index (κ1) is 14.9. The Bertz CT molecular complexity index is 461. The fourth-order valence-corrected chi connectivity index (χ4v) is 3.17. The molecule has 1 heterocycles. The maximum absolute atomic E-state index is 11.6. The van der Waals surface area contributed by atoms with Crippen LogP contribution in [-0.2, 0) is 4.79 Å². The molecule has 1 aliphatic heterocycles. The van der Waals surface area contributed by atoms with Gasteiger partial charge in [-0.15, -0.1) is 0 Å². The molecule has 2 atom stereocenters. The predicted octanol–water partition coefficient (Wildman–Crippen LogP) is 3.17. The lowest BCUT2D eigenvalue weighted by molar-refractivity contribution is -0.144. The molecule has 0 aliphatic carbocycles. The number of aromatic hydroxyl groups is 1. The van der Waals surface area contributed by atoms with Crippen LogP contribution in [0.25, 0.3) is 0 Å². The fourth-order valence-electron chi connectivity index (χ4n) is 3.17. The summed E-state index contributed by atoms with van der Waals surface area (Å²) < 4.78 is 0. The predicted molar refractivity (Wildman–Crippen MR) is 77.7 cm³/mol. The van der Waals surface area contributed by atoms with Crippen molar-refractivity contribution in [1.29, 1.82) is 0 Å². The van der Waals surface area contributed by atoms with Gasteiger partial charge in [0, 0.05) is 11.6 Å². The van der Waals surface area contributed by atoms with Crippen molar-refractivity contribution in [1.82, 2.24) is 4.90 Å². The number of carboxylic acid groups (broad SMARTS) is 1. The van der Waals surface area contributed by atoms with Crippen molar-refractivity contribution in [3.63, 3.8) is 0 Å². The van der Waals surface area contributed by atoms with Crippen LogP contribution in [-0.4, -0.2) is 33.7 Å². The zero-order valence-electron chi connectivity index (χ0n) is 12.0. The minimum absolute atomic E-state index is 0.0320. The molecule has 1 aromatic rings. The summed E-state index contributed by atoms with van der Waals surface area (Å²) >= 11 is 0. The molecule has 1 saturated heterocycles. The van der Waals surface area contributed by atoms with Crippen LogP contribution in [0.3, 0.4) is 0 Å². The minimum Gasteiger partial charge on any atom is -0.508 e. The lowest BCUT2D eigenvalue weighted by Gasteiger charge is -2.35. The maximum atomic E-state index is 11.6. The van der Waals surface area contributed by atoms with E-state index in [1.165, 1.54) is 0 Å². The highest BCUT2D eigenvalue weighted by molar-refractivity contribution is 5.73. The van der Waals surface area contributed by atoms with E-state index in [9.17, 15) is 15.0 Å². The van der Waals surface area contributed by atoms with Crippen molar-refractivity contribution in [2.24, 2.45) is 0 Å². The van der Waals surface area contributed by atoms with E-state index in [0.29, 0.717) is 6.42 Å². The molecule has 2 rings (SSSR count). The van der Waals surface area contributed by atoms with Crippen LogP contribution in [0, 0.1) is 0 Å². The van der Waals surface area contributed by atoms with E-state index in [1.54, 1.807) is 12.1 Å². The van der Waals surface area contributed by atoms with Gasteiger partial charge >= 0.3 is 5.97 Å². The van der Waals surface area contributed by atoms with E-state index in [-0.39, 0.29) is 11.8 Å². The van der Waals surface area contributed by atoms with Crippen molar-refractivity contribution in [2.75, 3.05) is 6.54 Å². The van der Waals surface area contributed by atoms with Crippen LogP contribution in [0.2, 0.25) is 0 Å². The molecule has 4 heteroatoms. The van der Waals surface area contributed by atoms with Gasteiger partial charge in [0.15, 0.2) is 0 Å². The van der Waals surface area contributed by atoms with E-state index in [2.05, 4.69) is 4.90 Å². The number of benzene rings is 1. The molecule has 110 valence electrons. The first-order valence-corrected chi connectivity index (χ1v) is 7.41. The highest BCUT2D eigenvalue weighted by Crippen LogP contribution is 2.34. The number of hydrogen-bond acceptors (Lipinski definition) is 3. The molecule has 2 unspecified atom stereocenters. The number of carbonyl (C=O) groups is 1. The second-order valence-corrected chi connectivity index (χ2v) is 5.42. The molecule has 2 N–H and O–H groups in total. The van der Waals surface area contributed by atoms with Crippen LogP contribution >= 0.6 is 0 Å². The first-order valence-electron chi connectivity index (χ1n) is 7.41. The highest BCUT2D eigenvalue weighted by Gasteiger charge is 2.33. The second-order valence-electron chi connectivity index (χ2n) is 5.42. The molecule has 4 nitrogen and oxygen atoms in total. The number of aliphatic carboxylic acids is 1. The lowest BCUT2D eigenvalue weighted by Crippen LogP contribution is -2.43. The van der Waals surface area contributed by atoms with Gasteiger partial charge in [-0.2, -0.15) is 0 Å². The Kier molecular flexibility index (Phi) is 5.01. The molecule has 0 bridgehead atoms. The monoisotopic (exact) mass is 277 g/mol. The smallest absolute Gasteiger partial charge is 0.320 e. The van der Waals surface area contributed by atoms with Crippen LogP contribution < -0.4 is 0 Å². The number of rotatable bonds is 4. The summed E-state index contributed by atoms with van der Waals surface area (Å²) in [5, 5.41) is 19.6. The minimum atomic E-state index is -0.749. The SMILES string of the molecule is CCC(c1ccccc1O)N1CCCCCC1C(=O)O. The lowest BCUT2D eigenvalue weighted by atomic mass is 9.99.